The third kappa shape index (κ3) is 1.58. The van der Waals surface area contributed by atoms with Gasteiger partial charge in [-0.1, -0.05) is 30.3 Å². The van der Waals surface area contributed by atoms with Crippen LogP contribution in [-0.2, 0) is 4.74 Å². The summed E-state index contributed by atoms with van der Waals surface area (Å²) in [5.41, 5.74) is 0.877. The van der Waals surface area contributed by atoms with Crippen molar-refractivity contribution < 1.29 is 6.11 Å². The van der Waals surface area contributed by atoms with E-state index in [9.17, 15) is 0 Å². The Balaban J connectivity index is 2.93. The summed E-state index contributed by atoms with van der Waals surface area (Å²) in [6.45, 7) is 1.72. The van der Waals surface area contributed by atoms with E-state index in [0.717, 1.165) is 5.56 Å². The van der Waals surface area contributed by atoms with Crippen molar-refractivity contribution in [3.63, 3.8) is 0 Å². The van der Waals surface area contributed by atoms with Gasteiger partial charge in [0.15, 0.2) is 0 Å². The molecule has 1 rings (SSSR count). The Hall–Kier alpha value is -0.820. The Bertz CT molecular complexity index is 218. The fourth-order valence-corrected chi connectivity index (χ4v) is 0.791. The van der Waals surface area contributed by atoms with E-state index in [2.05, 4.69) is 0 Å². The maximum atomic E-state index is 7.69. The second kappa shape index (κ2) is 3.37. The molecule has 0 aliphatic rings. The molecule has 0 saturated heterocycles. The first-order valence-corrected chi connectivity index (χ1v) is 3.27. The molecule has 1 heteroatoms. The molecule has 1 nitrogen and oxygen atoms in total. The monoisotopic (exact) mass is 137 g/mol. The van der Waals surface area contributed by atoms with Gasteiger partial charge in [-0.15, -0.1) is 0 Å². The van der Waals surface area contributed by atoms with Gasteiger partial charge in [0.05, 0.1) is 7.45 Å². The van der Waals surface area contributed by atoms with Crippen LogP contribution < -0.4 is 0 Å². The minimum atomic E-state index is -0.915. The lowest BCUT2D eigenvalue weighted by molar-refractivity contribution is 0.119. The fourth-order valence-electron chi connectivity index (χ4n) is 0.791. The Morgan fingerprint density at radius 3 is 2.50 bits per heavy atom. The zero-order valence-corrected chi connectivity index (χ0v) is 6.29. The van der Waals surface area contributed by atoms with Crippen molar-refractivity contribution in [2.24, 2.45) is 0 Å². The van der Waals surface area contributed by atoms with Gasteiger partial charge < -0.3 is 4.74 Å². The van der Waals surface area contributed by atoms with E-state index >= 15 is 0 Å². The Kier molecular flexibility index (Phi) is 2.00. The molecule has 1 unspecified atom stereocenters. The van der Waals surface area contributed by atoms with Crippen molar-refractivity contribution in [1.29, 1.82) is 0 Å². The molecular weight excluding hydrogens is 124 g/mol. The van der Waals surface area contributed by atoms with E-state index in [0.29, 0.717) is 0 Å². The summed E-state index contributed by atoms with van der Waals surface area (Å²) in [6, 6.07) is 9.50. The zero-order chi connectivity index (χ0) is 8.32. The van der Waals surface area contributed by atoms with Crippen LogP contribution in [0.2, 0.25) is 0 Å². The lowest BCUT2D eigenvalue weighted by atomic mass is 10.1. The maximum absolute atomic E-state index is 7.69. The zero-order valence-electron chi connectivity index (χ0n) is 7.29. The topological polar surface area (TPSA) is 9.23 Å². The molecule has 0 radical (unpaired) electrons. The third-order valence-corrected chi connectivity index (χ3v) is 1.49. The lowest BCUT2D eigenvalue weighted by Crippen LogP contribution is -1.93. The molecule has 0 heterocycles. The van der Waals surface area contributed by atoms with Gasteiger partial charge in [-0.2, -0.15) is 0 Å². The molecule has 0 aliphatic heterocycles. The van der Waals surface area contributed by atoms with Gasteiger partial charge in [0.1, 0.15) is 0 Å². The normalized spacial score (nSPS) is 17.6. The van der Waals surface area contributed by atoms with Gasteiger partial charge in [0.2, 0.25) is 0 Å². The van der Waals surface area contributed by atoms with Crippen molar-refractivity contribution >= 4 is 0 Å². The standard InChI is InChI=1S/C9H12O/c1-8(10-2)9-6-4-3-5-7-9/h3-8H,1-2H3/i8D. The van der Waals surface area contributed by atoms with E-state index in [1.165, 1.54) is 0 Å². The first-order valence-electron chi connectivity index (χ1n) is 3.77. The maximum Gasteiger partial charge on any atom is 0.0793 e. The predicted octanol–water partition coefficient (Wildman–Crippen LogP) is 2.39. The molecule has 1 aromatic rings. The minimum Gasteiger partial charge on any atom is -0.377 e. The van der Waals surface area contributed by atoms with Gasteiger partial charge in [-0.25, -0.2) is 0 Å². The lowest BCUT2D eigenvalue weighted by Gasteiger charge is -2.07. The smallest absolute Gasteiger partial charge is 0.0793 e. The number of hydrogen-bond acceptors (Lipinski definition) is 1. The molecular formula is C9H12O. The summed E-state index contributed by atoms with van der Waals surface area (Å²) in [4.78, 5) is 0. The van der Waals surface area contributed by atoms with Crippen LogP contribution in [0.25, 0.3) is 0 Å². The van der Waals surface area contributed by atoms with Crippen molar-refractivity contribution in [2.75, 3.05) is 7.11 Å². The van der Waals surface area contributed by atoms with Crippen LogP contribution in [0.15, 0.2) is 30.3 Å². The largest absolute Gasteiger partial charge is 0.377 e. The van der Waals surface area contributed by atoms with Gasteiger partial charge in [-0.3, -0.25) is 0 Å². The molecule has 0 spiro atoms. The number of rotatable bonds is 2. The van der Waals surface area contributed by atoms with Gasteiger partial charge in [0.25, 0.3) is 0 Å². The molecule has 0 aliphatic carbocycles. The van der Waals surface area contributed by atoms with Crippen LogP contribution in [0.5, 0.6) is 0 Å². The van der Waals surface area contributed by atoms with Crippen LogP contribution in [0.4, 0.5) is 0 Å². The SMILES string of the molecule is [2H]C(C)(OC)c1ccccc1. The van der Waals surface area contributed by atoms with Gasteiger partial charge in [0, 0.05) is 7.11 Å². The molecule has 0 saturated carbocycles. The molecule has 0 bridgehead atoms. The highest BCUT2D eigenvalue weighted by molar-refractivity contribution is 5.16. The molecule has 0 fully saturated rings. The summed E-state index contributed by atoms with van der Waals surface area (Å²) in [5.74, 6) is 0. The highest BCUT2D eigenvalue weighted by atomic mass is 16.5. The highest BCUT2D eigenvalue weighted by Gasteiger charge is 1.99. The highest BCUT2D eigenvalue weighted by Crippen LogP contribution is 2.13. The molecule has 0 amide bonds. The quantitative estimate of drug-likeness (QED) is 0.608. The number of hydrogen-bond donors (Lipinski definition) is 0. The minimum absolute atomic E-state index is 0.877. The van der Waals surface area contributed by atoms with Crippen LogP contribution in [0.1, 0.15) is 19.9 Å². The third-order valence-electron chi connectivity index (χ3n) is 1.49. The van der Waals surface area contributed by atoms with Crippen molar-refractivity contribution in [2.45, 2.75) is 13.0 Å². The van der Waals surface area contributed by atoms with Gasteiger partial charge in [-0.05, 0) is 12.5 Å². The number of methoxy groups -OCH3 is 1. The number of benzene rings is 1. The van der Waals surface area contributed by atoms with Crippen LogP contribution in [0, 0.1) is 0 Å². The van der Waals surface area contributed by atoms with Crippen LogP contribution >= 0.6 is 0 Å². The Labute approximate surface area is 63.0 Å². The first-order chi connectivity index (χ1) is 5.17. The summed E-state index contributed by atoms with van der Waals surface area (Å²) in [5, 5.41) is 0. The van der Waals surface area contributed by atoms with E-state index in [1.54, 1.807) is 14.0 Å². The summed E-state index contributed by atoms with van der Waals surface area (Å²) in [6.07, 6.45) is -0.915. The Morgan fingerprint density at radius 2 is 2.00 bits per heavy atom. The number of ether oxygens (including phenoxy) is 1. The van der Waals surface area contributed by atoms with Crippen molar-refractivity contribution in [3.8, 4) is 0 Å². The van der Waals surface area contributed by atoms with E-state index in [1.807, 2.05) is 30.3 Å². The molecule has 1 aromatic carbocycles. The van der Waals surface area contributed by atoms with E-state index in [-0.39, 0.29) is 0 Å². The van der Waals surface area contributed by atoms with Crippen molar-refractivity contribution in [3.05, 3.63) is 35.9 Å². The average Bonchev–Trinajstić information content (AvgIpc) is 2.06. The predicted molar refractivity (Wildman–Crippen MR) is 41.9 cm³/mol. The Morgan fingerprint density at radius 1 is 1.40 bits per heavy atom. The molecule has 0 N–H and O–H groups in total. The summed E-state index contributed by atoms with van der Waals surface area (Å²) >= 11 is 0. The second-order valence-corrected chi connectivity index (χ2v) is 2.13. The molecule has 10 heavy (non-hydrogen) atoms. The molecule has 0 aromatic heterocycles. The molecule has 54 valence electrons. The fraction of sp³-hybridized carbons (Fsp3) is 0.333. The second-order valence-electron chi connectivity index (χ2n) is 2.13. The molecule has 1 atom stereocenters. The van der Waals surface area contributed by atoms with Crippen molar-refractivity contribution in [1.82, 2.24) is 0 Å². The van der Waals surface area contributed by atoms with Gasteiger partial charge >= 0.3 is 0 Å². The average molecular weight is 137 g/mol. The summed E-state index contributed by atoms with van der Waals surface area (Å²) < 4.78 is 12.7. The van der Waals surface area contributed by atoms with E-state index < -0.39 is 6.08 Å². The van der Waals surface area contributed by atoms with Crippen LogP contribution in [-0.4, -0.2) is 7.11 Å². The van der Waals surface area contributed by atoms with Crippen LogP contribution in [0.3, 0.4) is 0 Å². The van der Waals surface area contributed by atoms with E-state index in [4.69, 9.17) is 6.11 Å². The summed E-state index contributed by atoms with van der Waals surface area (Å²) in [7, 11) is 1.54. The first kappa shape index (κ1) is 5.93.